The van der Waals surface area contributed by atoms with Crippen molar-refractivity contribution < 1.29 is 18.7 Å². The van der Waals surface area contributed by atoms with E-state index in [1.165, 1.54) is 13.4 Å². The molecule has 0 saturated heterocycles. The first-order chi connectivity index (χ1) is 12.0. The number of carbonyl (C=O) groups excluding carboxylic acids is 2. The van der Waals surface area contributed by atoms with Crippen LogP contribution in [0.2, 0.25) is 0 Å². The van der Waals surface area contributed by atoms with Gasteiger partial charge in [-0.15, -0.1) is 0 Å². The average molecular weight is 341 g/mol. The Labute approximate surface area is 144 Å². The van der Waals surface area contributed by atoms with Crippen LogP contribution in [0.5, 0.6) is 0 Å². The van der Waals surface area contributed by atoms with Crippen LogP contribution in [-0.4, -0.2) is 34.1 Å². The van der Waals surface area contributed by atoms with Crippen molar-refractivity contribution in [1.29, 1.82) is 0 Å². The molecule has 0 aliphatic rings. The van der Waals surface area contributed by atoms with Crippen molar-refractivity contribution in [3.05, 3.63) is 54.7 Å². The summed E-state index contributed by atoms with van der Waals surface area (Å²) in [5.74, 6) is -0.330. The van der Waals surface area contributed by atoms with Crippen LogP contribution in [0.15, 0.2) is 53.4 Å². The number of benzene rings is 1. The molecule has 7 heteroatoms. The lowest BCUT2D eigenvalue weighted by molar-refractivity contribution is -0.150. The van der Waals surface area contributed by atoms with E-state index < -0.39 is 11.5 Å². The van der Waals surface area contributed by atoms with Crippen LogP contribution in [-0.2, 0) is 27.3 Å². The molecule has 0 aliphatic carbocycles. The van der Waals surface area contributed by atoms with E-state index in [9.17, 15) is 9.59 Å². The predicted molar refractivity (Wildman–Crippen MR) is 90.7 cm³/mol. The minimum atomic E-state index is -1.23. The molecule has 1 aromatic carbocycles. The van der Waals surface area contributed by atoms with Crippen molar-refractivity contribution in [2.45, 2.75) is 25.4 Å². The molecule has 1 unspecified atom stereocenters. The summed E-state index contributed by atoms with van der Waals surface area (Å²) >= 11 is 0. The van der Waals surface area contributed by atoms with E-state index in [0.717, 1.165) is 11.0 Å². The third-order valence-corrected chi connectivity index (χ3v) is 3.98. The zero-order valence-corrected chi connectivity index (χ0v) is 14.1. The Morgan fingerprint density at radius 2 is 2.08 bits per heavy atom. The molecule has 7 nitrogen and oxygen atoms in total. The van der Waals surface area contributed by atoms with Gasteiger partial charge in [-0.2, -0.15) is 0 Å². The number of hydrogen-bond donors (Lipinski definition) is 1. The van der Waals surface area contributed by atoms with Gasteiger partial charge in [-0.3, -0.25) is 4.79 Å². The predicted octanol–water partition coefficient (Wildman–Crippen LogP) is 1.92. The molecular weight excluding hydrogens is 322 g/mol. The molecule has 1 N–H and O–H groups in total. The maximum absolute atomic E-state index is 12.3. The average Bonchev–Trinajstić information content (AvgIpc) is 3.24. The molecule has 0 radical (unpaired) electrons. The molecule has 130 valence electrons. The van der Waals surface area contributed by atoms with Gasteiger partial charge in [0, 0.05) is 0 Å². The summed E-state index contributed by atoms with van der Waals surface area (Å²) < 4.78 is 11.9. The molecule has 3 rings (SSSR count). The van der Waals surface area contributed by atoms with E-state index in [-0.39, 0.29) is 18.9 Å². The normalized spacial score (nSPS) is 13.4. The van der Waals surface area contributed by atoms with Crippen LogP contribution >= 0.6 is 0 Å². The second kappa shape index (κ2) is 6.80. The van der Waals surface area contributed by atoms with Crippen LogP contribution < -0.4 is 5.32 Å². The summed E-state index contributed by atoms with van der Waals surface area (Å²) in [7, 11) is 1.30. The molecule has 2 aromatic heterocycles. The standard InChI is InChI=1S/C18H19N3O4/c1-18(17(23)24-2,20-16(22)10-13-6-5-9-25-13)11-21-12-19-14-7-3-4-8-15(14)21/h3-9,12H,10-11H2,1-2H3,(H,20,22). The third kappa shape index (κ3) is 3.55. The molecule has 1 atom stereocenters. The molecule has 25 heavy (non-hydrogen) atoms. The number of ether oxygens (including phenoxy) is 1. The van der Waals surface area contributed by atoms with Gasteiger partial charge >= 0.3 is 5.97 Å². The number of nitrogens with zero attached hydrogens (tertiary/aromatic N) is 2. The van der Waals surface area contributed by atoms with Crippen molar-refractivity contribution in [3.8, 4) is 0 Å². The lowest BCUT2D eigenvalue weighted by atomic mass is 10.0. The van der Waals surface area contributed by atoms with Gasteiger partial charge in [-0.1, -0.05) is 12.1 Å². The van der Waals surface area contributed by atoms with E-state index >= 15 is 0 Å². The SMILES string of the molecule is COC(=O)C(C)(Cn1cnc2ccccc21)NC(=O)Cc1ccco1. The molecule has 1 amide bonds. The van der Waals surface area contributed by atoms with Crippen molar-refractivity contribution in [2.75, 3.05) is 7.11 Å². The van der Waals surface area contributed by atoms with E-state index in [2.05, 4.69) is 10.3 Å². The number of imidazole rings is 1. The lowest BCUT2D eigenvalue weighted by Gasteiger charge is -2.28. The molecule has 3 aromatic rings. The molecular formula is C18H19N3O4. The van der Waals surface area contributed by atoms with Crippen LogP contribution in [0.3, 0.4) is 0 Å². The Morgan fingerprint density at radius 1 is 1.28 bits per heavy atom. The monoisotopic (exact) mass is 341 g/mol. The molecule has 0 saturated carbocycles. The van der Waals surface area contributed by atoms with Crippen LogP contribution in [0, 0.1) is 0 Å². The quantitative estimate of drug-likeness (QED) is 0.692. The van der Waals surface area contributed by atoms with Gasteiger partial charge in [0.2, 0.25) is 5.91 Å². The molecule has 0 fully saturated rings. The van der Waals surface area contributed by atoms with Crippen molar-refractivity contribution in [1.82, 2.24) is 14.9 Å². The van der Waals surface area contributed by atoms with Gasteiger partial charge in [0.1, 0.15) is 5.76 Å². The highest BCUT2D eigenvalue weighted by Gasteiger charge is 2.37. The summed E-state index contributed by atoms with van der Waals surface area (Å²) in [6.07, 6.45) is 3.19. The van der Waals surface area contributed by atoms with Gasteiger partial charge < -0.3 is 19.0 Å². The Kier molecular flexibility index (Phi) is 4.56. The highest BCUT2D eigenvalue weighted by molar-refractivity contribution is 5.88. The lowest BCUT2D eigenvalue weighted by Crippen LogP contribution is -2.55. The second-order valence-corrected chi connectivity index (χ2v) is 5.99. The minimum Gasteiger partial charge on any atom is -0.469 e. The Balaban J connectivity index is 1.83. The number of methoxy groups -OCH3 is 1. The molecule has 2 heterocycles. The van der Waals surface area contributed by atoms with Crippen LogP contribution in [0.1, 0.15) is 12.7 Å². The first-order valence-corrected chi connectivity index (χ1v) is 7.83. The van der Waals surface area contributed by atoms with Crippen LogP contribution in [0.25, 0.3) is 11.0 Å². The molecule has 0 bridgehead atoms. The minimum absolute atomic E-state index is 0.0459. The number of carbonyl (C=O) groups is 2. The number of nitrogens with one attached hydrogen (secondary N) is 1. The van der Waals surface area contributed by atoms with E-state index in [4.69, 9.17) is 9.15 Å². The van der Waals surface area contributed by atoms with Gasteiger partial charge in [0.25, 0.3) is 0 Å². The number of amides is 1. The zero-order valence-electron chi connectivity index (χ0n) is 14.1. The Morgan fingerprint density at radius 3 is 2.80 bits per heavy atom. The van der Waals surface area contributed by atoms with E-state index in [0.29, 0.717) is 5.76 Å². The van der Waals surface area contributed by atoms with E-state index in [1.54, 1.807) is 25.4 Å². The van der Waals surface area contributed by atoms with Gasteiger partial charge in [0.15, 0.2) is 5.54 Å². The fourth-order valence-corrected chi connectivity index (χ4v) is 2.78. The summed E-state index contributed by atoms with van der Waals surface area (Å²) in [6, 6.07) is 11.0. The molecule has 0 spiro atoms. The van der Waals surface area contributed by atoms with Gasteiger partial charge in [0.05, 0.1) is 43.7 Å². The van der Waals surface area contributed by atoms with Crippen molar-refractivity contribution in [3.63, 3.8) is 0 Å². The number of furan rings is 1. The number of fused-ring (bicyclic) bond motifs is 1. The number of rotatable bonds is 6. The second-order valence-electron chi connectivity index (χ2n) is 5.99. The highest BCUT2D eigenvalue weighted by Crippen LogP contribution is 2.17. The largest absolute Gasteiger partial charge is 0.469 e. The summed E-state index contributed by atoms with van der Waals surface area (Å²) in [6.45, 7) is 1.83. The van der Waals surface area contributed by atoms with Crippen LogP contribution in [0.4, 0.5) is 0 Å². The number of esters is 1. The fourth-order valence-electron chi connectivity index (χ4n) is 2.78. The Hall–Kier alpha value is -3.09. The topological polar surface area (TPSA) is 86.4 Å². The van der Waals surface area contributed by atoms with Gasteiger partial charge in [-0.25, -0.2) is 9.78 Å². The summed E-state index contributed by atoms with van der Waals surface area (Å²) in [5, 5.41) is 2.76. The maximum atomic E-state index is 12.3. The number of para-hydroxylation sites is 2. The zero-order chi connectivity index (χ0) is 17.9. The van der Waals surface area contributed by atoms with Gasteiger partial charge in [-0.05, 0) is 31.2 Å². The number of hydrogen-bond acceptors (Lipinski definition) is 5. The molecule has 0 aliphatic heterocycles. The first-order valence-electron chi connectivity index (χ1n) is 7.83. The third-order valence-electron chi connectivity index (χ3n) is 3.98. The first kappa shape index (κ1) is 16.8. The van der Waals surface area contributed by atoms with Crippen molar-refractivity contribution in [2.24, 2.45) is 0 Å². The smallest absolute Gasteiger partial charge is 0.333 e. The maximum Gasteiger partial charge on any atom is 0.333 e. The fraction of sp³-hybridized carbons (Fsp3) is 0.278. The summed E-state index contributed by atoms with van der Waals surface area (Å²) in [5.41, 5.74) is 0.455. The van der Waals surface area contributed by atoms with E-state index in [1.807, 2.05) is 28.8 Å². The highest BCUT2D eigenvalue weighted by atomic mass is 16.5. The number of aromatic nitrogens is 2. The summed E-state index contributed by atoms with van der Waals surface area (Å²) in [4.78, 5) is 29.0. The van der Waals surface area contributed by atoms with Crippen molar-refractivity contribution >= 4 is 22.9 Å². The Bertz CT molecular complexity index is 885.